The summed E-state index contributed by atoms with van der Waals surface area (Å²) >= 11 is -1.89. The largest absolute Gasteiger partial charge is 0.506 e. The second kappa shape index (κ2) is 7.26. The van der Waals surface area contributed by atoms with Crippen LogP contribution in [0, 0.1) is 0 Å². The van der Waals surface area contributed by atoms with Crippen LogP contribution in [-0.2, 0) is 30.1 Å². The van der Waals surface area contributed by atoms with Gasteiger partial charge in [0.25, 0.3) is 0 Å². The SMILES string of the molecule is CS(=O)(=O)Nc1cccc2c(O)c(S(=O)ON3CCOCC3)ccc12. The number of phenols is 1. The minimum Gasteiger partial charge on any atom is -0.506 e. The molecule has 0 spiro atoms. The normalized spacial score (nSPS) is 17.5. The average Bonchev–Trinajstić information content (AvgIpc) is 2.55. The maximum Gasteiger partial charge on any atom is 0.229 e. The number of benzene rings is 2. The standard InChI is InChI=1S/C15H18N2O6S2/c1-25(20,21)16-13-4-2-3-12-11(13)5-6-14(15(12)18)24(19)23-17-7-9-22-10-8-17/h2-6,16,18H,7-10H2,1H3. The molecule has 0 aromatic heterocycles. The fourth-order valence-corrected chi connectivity index (χ4v) is 3.95. The van der Waals surface area contributed by atoms with Gasteiger partial charge in [-0.05, 0) is 12.1 Å². The molecular weight excluding hydrogens is 368 g/mol. The second-order valence-corrected chi connectivity index (χ2v) is 8.34. The van der Waals surface area contributed by atoms with E-state index in [1.54, 1.807) is 24.3 Å². The van der Waals surface area contributed by atoms with E-state index in [1.165, 1.54) is 11.1 Å². The summed E-state index contributed by atoms with van der Waals surface area (Å²) < 4.78 is 48.3. The molecule has 1 unspecified atom stereocenters. The van der Waals surface area contributed by atoms with Crippen molar-refractivity contribution in [2.75, 3.05) is 37.3 Å². The lowest BCUT2D eigenvalue weighted by Gasteiger charge is -2.24. The van der Waals surface area contributed by atoms with Crippen molar-refractivity contribution in [3.63, 3.8) is 0 Å². The number of nitrogens with zero attached hydrogens (tertiary/aromatic N) is 1. The fraction of sp³-hybridized carbons (Fsp3) is 0.333. The minimum atomic E-state index is -3.46. The molecule has 0 aliphatic carbocycles. The molecule has 2 N–H and O–H groups in total. The molecule has 1 aliphatic heterocycles. The summed E-state index contributed by atoms with van der Waals surface area (Å²) in [6.07, 6.45) is 1.05. The first-order valence-electron chi connectivity index (χ1n) is 7.50. The first kappa shape index (κ1) is 18.1. The lowest BCUT2D eigenvalue weighted by molar-refractivity contribution is -0.109. The molecule has 1 atom stereocenters. The molecule has 8 nitrogen and oxygen atoms in total. The summed E-state index contributed by atoms with van der Waals surface area (Å²) in [5.41, 5.74) is 0.335. The van der Waals surface area contributed by atoms with Gasteiger partial charge in [0, 0.05) is 23.9 Å². The summed E-state index contributed by atoms with van der Waals surface area (Å²) in [4.78, 5) is 0.121. The number of ether oxygens (including phenoxy) is 1. The van der Waals surface area contributed by atoms with Gasteiger partial charge in [-0.1, -0.05) is 18.2 Å². The van der Waals surface area contributed by atoms with Gasteiger partial charge in [0.1, 0.15) is 10.6 Å². The molecule has 0 bridgehead atoms. The Morgan fingerprint density at radius 2 is 1.92 bits per heavy atom. The summed E-state index contributed by atoms with van der Waals surface area (Å²) in [7, 11) is -3.46. The number of nitrogens with one attached hydrogen (secondary N) is 1. The van der Waals surface area contributed by atoms with Crippen LogP contribution in [0.5, 0.6) is 5.75 Å². The minimum absolute atomic E-state index is 0.121. The van der Waals surface area contributed by atoms with E-state index in [0.717, 1.165) is 6.26 Å². The highest BCUT2D eigenvalue weighted by Gasteiger charge is 2.20. The van der Waals surface area contributed by atoms with Crippen LogP contribution >= 0.6 is 0 Å². The molecule has 1 heterocycles. The summed E-state index contributed by atoms with van der Waals surface area (Å²) in [6, 6.07) is 7.86. The molecule has 2 aromatic rings. The van der Waals surface area contributed by atoms with Gasteiger partial charge >= 0.3 is 0 Å². The van der Waals surface area contributed by atoms with Crippen molar-refractivity contribution >= 4 is 37.6 Å². The van der Waals surface area contributed by atoms with E-state index in [-0.39, 0.29) is 10.6 Å². The Labute approximate surface area is 148 Å². The van der Waals surface area contributed by atoms with Gasteiger partial charge in [-0.2, -0.15) is 9.35 Å². The number of morpholine rings is 1. The Hall–Kier alpha value is -1.72. The number of hydrogen-bond donors (Lipinski definition) is 2. The summed E-state index contributed by atoms with van der Waals surface area (Å²) in [5, 5.41) is 12.9. The van der Waals surface area contributed by atoms with E-state index in [0.29, 0.717) is 42.8 Å². The topological polar surface area (TPSA) is 105 Å². The third-order valence-corrected chi connectivity index (χ3v) is 5.24. The molecule has 1 saturated heterocycles. The molecular formula is C15H18N2O6S2. The van der Waals surface area contributed by atoms with Gasteiger partial charge < -0.3 is 9.84 Å². The van der Waals surface area contributed by atoms with Gasteiger partial charge in [-0.3, -0.25) is 4.72 Å². The van der Waals surface area contributed by atoms with Crippen LogP contribution in [0.15, 0.2) is 35.2 Å². The number of sulfonamides is 1. The molecule has 136 valence electrons. The van der Waals surface area contributed by atoms with Crippen LogP contribution in [0.4, 0.5) is 5.69 Å². The van der Waals surface area contributed by atoms with E-state index in [9.17, 15) is 17.7 Å². The zero-order valence-corrected chi connectivity index (χ0v) is 15.1. The third-order valence-electron chi connectivity index (χ3n) is 3.61. The van der Waals surface area contributed by atoms with E-state index in [4.69, 9.17) is 9.02 Å². The zero-order valence-electron chi connectivity index (χ0n) is 13.5. The summed E-state index contributed by atoms with van der Waals surface area (Å²) in [6.45, 7) is 1.95. The Morgan fingerprint density at radius 3 is 2.60 bits per heavy atom. The molecule has 0 saturated carbocycles. The van der Waals surface area contributed by atoms with Crippen molar-refractivity contribution in [3.8, 4) is 5.75 Å². The first-order valence-corrected chi connectivity index (χ1v) is 10.5. The third kappa shape index (κ3) is 4.28. The van der Waals surface area contributed by atoms with Crippen molar-refractivity contribution in [2.24, 2.45) is 0 Å². The Bertz CT molecular complexity index is 910. The number of anilines is 1. The number of rotatable bonds is 5. The van der Waals surface area contributed by atoms with Crippen LogP contribution in [0.25, 0.3) is 10.8 Å². The lowest BCUT2D eigenvalue weighted by Crippen LogP contribution is -2.36. The first-order chi connectivity index (χ1) is 11.8. The predicted molar refractivity (Wildman–Crippen MR) is 94.0 cm³/mol. The van der Waals surface area contributed by atoms with Crippen LogP contribution in [0.3, 0.4) is 0 Å². The van der Waals surface area contributed by atoms with Crippen molar-refractivity contribution in [2.45, 2.75) is 4.90 Å². The highest BCUT2D eigenvalue weighted by molar-refractivity contribution is 7.92. The van der Waals surface area contributed by atoms with Gasteiger partial charge in [0.2, 0.25) is 21.1 Å². The molecule has 1 aliphatic rings. The van der Waals surface area contributed by atoms with Crippen LogP contribution < -0.4 is 4.72 Å². The Morgan fingerprint density at radius 1 is 1.20 bits per heavy atom. The van der Waals surface area contributed by atoms with Crippen LogP contribution in [0.1, 0.15) is 0 Å². The molecule has 2 aromatic carbocycles. The molecule has 1 fully saturated rings. The molecule has 0 radical (unpaired) electrons. The number of hydrogen-bond acceptors (Lipinski definition) is 7. The van der Waals surface area contributed by atoms with Gasteiger partial charge in [0.05, 0.1) is 25.2 Å². The van der Waals surface area contributed by atoms with E-state index in [1.807, 2.05) is 0 Å². The fourth-order valence-electron chi connectivity index (χ4n) is 2.50. The highest BCUT2D eigenvalue weighted by atomic mass is 32.2. The predicted octanol–water partition coefficient (Wildman–Crippen LogP) is 1.20. The molecule has 0 amide bonds. The number of phenolic OH excluding ortho intramolecular Hbond substituents is 1. The maximum atomic E-state index is 12.4. The van der Waals surface area contributed by atoms with Gasteiger partial charge in [0.15, 0.2) is 0 Å². The monoisotopic (exact) mass is 386 g/mol. The smallest absolute Gasteiger partial charge is 0.229 e. The van der Waals surface area contributed by atoms with Crippen molar-refractivity contribution in [3.05, 3.63) is 30.3 Å². The Kier molecular flexibility index (Phi) is 5.25. The van der Waals surface area contributed by atoms with E-state index < -0.39 is 21.1 Å². The van der Waals surface area contributed by atoms with E-state index >= 15 is 0 Å². The number of fused-ring (bicyclic) bond motifs is 1. The van der Waals surface area contributed by atoms with Crippen LogP contribution in [0.2, 0.25) is 0 Å². The second-order valence-electron chi connectivity index (χ2n) is 5.54. The van der Waals surface area contributed by atoms with Gasteiger partial charge in [-0.25, -0.2) is 12.6 Å². The molecule has 25 heavy (non-hydrogen) atoms. The zero-order chi connectivity index (χ0) is 18.0. The van der Waals surface area contributed by atoms with Crippen molar-refractivity contribution in [1.82, 2.24) is 5.06 Å². The average molecular weight is 386 g/mol. The molecule has 3 rings (SSSR count). The van der Waals surface area contributed by atoms with E-state index in [2.05, 4.69) is 4.72 Å². The molecule has 10 heteroatoms. The van der Waals surface area contributed by atoms with Crippen LogP contribution in [-0.4, -0.2) is 55.4 Å². The number of aromatic hydroxyl groups is 1. The highest BCUT2D eigenvalue weighted by Crippen LogP contribution is 2.35. The maximum absolute atomic E-state index is 12.4. The summed E-state index contributed by atoms with van der Waals surface area (Å²) in [5.74, 6) is -0.207. The Balaban J connectivity index is 1.93. The van der Waals surface area contributed by atoms with Gasteiger partial charge in [-0.15, -0.1) is 0 Å². The quantitative estimate of drug-likeness (QED) is 0.795. The lowest BCUT2D eigenvalue weighted by atomic mass is 10.1. The number of hydroxylamine groups is 2. The van der Waals surface area contributed by atoms with Crippen molar-refractivity contribution < 1.29 is 26.8 Å². The van der Waals surface area contributed by atoms with Crippen molar-refractivity contribution in [1.29, 1.82) is 0 Å².